The highest BCUT2D eigenvalue weighted by atomic mass is 79.9. The maximum atomic E-state index is 12.0. The predicted molar refractivity (Wildman–Crippen MR) is 62.3 cm³/mol. The fourth-order valence-electron chi connectivity index (χ4n) is 1.27. The van der Waals surface area contributed by atoms with Gasteiger partial charge >= 0.3 is 6.61 Å². The average Bonchev–Trinajstić information content (AvgIpc) is 2.27. The van der Waals surface area contributed by atoms with E-state index in [9.17, 15) is 13.6 Å². The predicted octanol–water partition coefficient (Wildman–Crippen LogP) is 3.26. The minimum atomic E-state index is -2.91. The Hall–Kier alpha value is -1.17. The molecule has 0 N–H and O–H groups in total. The van der Waals surface area contributed by atoms with Gasteiger partial charge in [-0.25, -0.2) is 0 Å². The number of rotatable bonds is 5. The highest BCUT2D eigenvalue weighted by Crippen LogP contribution is 2.27. The zero-order valence-corrected chi connectivity index (χ0v) is 10.8. The average molecular weight is 309 g/mol. The summed E-state index contributed by atoms with van der Waals surface area (Å²) in [6.07, 6.45) is 0. The second kappa shape index (κ2) is 5.95. The first-order valence-electron chi connectivity index (χ1n) is 4.77. The van der Waals surface area contributed by atoms with E-state index in [0.717, 1.165) is 0 Å². The number of carbonyl (C=O) groups excluding carboxylic acids is 1. The topological polar surface area (TPSA) is 35.5 Å². The van der Waals surface area contributed by atoms with Crippen molar-refractivity contribution in [2.24, 2.45) is 0 Å². The third-order valence-electron chi connectivity index (χ3n) is 2.02. The lowest BCUT2D eigenvalue weighted by Gasteiger charge is -2.11. The molecule has 0 aliphatic carbocycles. The number of Topliss-reactive ketones (excluding diaryl/α,β-unsaturated/α-hetero) is 1. The Morgan fingerprint density at radius 3 is 2.53 bits per heavy atom. The van der Waals surface area contributed by atoms with Crippen LogP contribution in [0.5, 0.6) is 11.5 Å². The summed E-state index contributed by atoms with van der Waals surface area (Å²) >= 11 is 3.14. The summed E-state index contributed by atoms with van der Waals surface area (Å²) in [5.74, 6) is -0.0273. The summed E-state index contributed by atoms with van der Waals surface area (Å²) in [4.78, 5) is 11.4. The lowest BCUT2D eigenvalue weighted by atomic mass is 10.1. The van der Waals surface area contributed by atoms with Crippen molar-refractivity contribution in [3.63, 3.8) is 0 Å². The van der Waals surface area contributed by atoms with E-state index in [-0.39, 0.29) is 22.1 Å². The third kappa shape index (κ3) is 3.66. The molecule has 0 aliphatic heterocycles. The molecule has 1 aromatic carbocycles. The highest BCUT2D eigenvalue weighted by Gasteiger charge is 2.18. The molecule has 1 rings (SSSR count). The largest absolute Gasteiger partial charge is 0.496 e. The van der Waals surface area contributed by atoms with Crippen molar-refractivity contribution in [3.8, 4) is 11.5 Å². The molecular weight excluding hydrogens is 298 g/mol. The van der Waals surface area contributed by atoms with Gasteiger partial charge in [0.25, 0.3) is 0 Å². The van der Waals surface area contributed by atoms with Gasteiger partial charge in [-0.05, 0) is 19.1 Å². The standard InChI is InChI=1S/C11H11BrF2O3/c1-6(12)10(15)8-4-3-7(17-11(13)14)5-9(8)16-2/h3-6,11H,1-2H3. The molecule has 1 atom stereocenters. The Balaban J connectivity index is 3.05. The number of ether oxygens (including phenoxy) is 2. The summed E-state index contributed by atoms with van der Waals surface area (Å²) in [6.45, 7) is -1.23. The van der Waals surface area contributed by atoms with E-state index in [4.69, 9.17) is 4.74 Å². The summed E-state index contributed by atoms with van der Waals surface area (Å²) in [5.41, 5.74) is 0.318. The van der Waals surface area contributed by atoms with Crippen LogP contribution in [-0.2, 0) is 0 Å². The van der Waals surface area contributed by atoms with E-state index < -0.39 is 6.61 Å². The van der Waals surface area contributed by atoms with Gasteiger partial charge in [-0.1, -0.05) is 15.9 Å². The lowest BCUT2D eigenvalue weighted by Crippen LogP contribution is -2.12. The summed E-state index contributed by atoms with van der Waals surface area (Å²) in [7, 11) is 1.36. The van der Waals surface area contributed by atoms with E-state index in [0.29, 0.717) is 5.56 Å². The van der Waals surface area contributed by atoms with Crippen LogP contribution in [0, 0.1) is 0 Å². The van der Waals surface area contributed by atoms with Crippen LogP contribution in [0.3, 0.4) is 0 Å². The molecule has 1 aromatic rings. The van der Waals surface area contributed by atoms with Gasteiger partial charge in [0, 0.05) is 6.07 Å². The van der Waals surface area contributed by atoms with Gasteiger partial charge in [-0.15, -0.1) is 0 Å². The molecule has 3 nitrogen and oxygen atoms in total. The smallest absolute Gasteiger partial charge is 0.387 e. The molecule has 0 spiro atoms. The van der Waals surface area contributed by atoms with Crippen LogP contribution >= 0.6 is 15.9 Å². The molecule has 0 saturated heterocycles. The van der Waals surface area contributed by atoms with Crippen molar-refractivity contribution >= 4 is 21.7 Å². The van der Waals surface area contributed by atoms with Crippen molar-refractivity contribution < 1.29 is 23.0 Å². The summed E-state index contributed by atoms with van der Waals surface area (Å²) < 4.78 is 33.2. The zero-order valence-electron chi connectivity index (χ0n) is 9.25. The van der Waals surface area contributed by atoms with Gasteiger partial charge in [0.15, 0.2) is 5.78 Å². The molecule has 0 saturated carbocycles. The fraction of sp³-hybridized carbons (Fsp3) is 0.364. The quantitative estimate of drug-likeness (QED) is 0.618. The van der Waals surface area contributed by atoms with Gasteiger partial charge in [0.2, 0.25) is 0 Å². The van der Waals surface area contributed by atoms with Crippen molar-refractivity contribution in [2.45, 2.75) is 18.4 Å². The Bertz CT molecular complexity index is 408. The lowest BCUT2D eigenvalue weighted by molar-refractivity contribution is -0.0499. The first-order valence-corrected chi connectivity index (χ1v) is 5.68. The number of halogens is 3. The molecule has 0 bridgehead atoms. The van der Waals surface area contributed by atoms with E-state index in [2.05, 4.69) is 20.7 Å². The second-order valence-electron chi connectivity index (χ2n) is 3.22. The van der Waals surface area contributed by atoms with Gasteiger partial charge in [-0.3, -0.25) is 4.79 Å². The molecule has 0 radical (unpaired) electrons. The van der Waals surface area contributed by atoms with Crippen molar-refractivity contribution in [1.82, 2.24) is 0 Å². The SMILES string of the molecule is COc1cc(OC(F)F)ccc1C(=O)C(C)Br. The van der Waals surface area contributed by atoms with E-state index in [1.54, 1.807) is 6.92 Å². The molecule has 0 amide bonds. The number of carbonyl (C=O) groups is 1. The first kappa shape index (κ1) is 13.9. The number of ketones is 1. The van der Waals surface area contributed by atoms with Crippen LogP contribution in [0.2, 0.25) is 0 Å². The van der Waals surface area contributed by atoms with Gasteiger partial charge in [0.1, 0.15) is 11.5 Å². The zero-order chi connectivity index (χ0) is 13.0. The number of hydrogen-bond donors (Lipinski definition) is 0. The van der Waals surface area contributed by atoms with E-state index >= 15 is 0 Å². The molecule has 1 unspecified atom stereocenters. The van der Waals surface area contributed by atoms with Crippen LogP contribution in [0.1, 0.15) is 17.3 Å². The molecular formula is C11H11BrF2O3. The van der Waals surface area contributed by atoms with Gasteiger partial charge in [-0.2, -0.15) is 8.78 Å². The number of alkyl halides is 3. The van der Waals surface area contributed by atoms with E-state index in [1.807, 2.05) is 0 Å². The molecule has 94 valence electrons. The summed E-state index contributed by atoms with van der Waals surface area (Å²) in [5, 5.41) is 0. The normalized spacial score (nSPS) is 12.4. The monoisotopic (exact) mass is 308 g/mol. The van der Waals surface area contributed by atoms with Crippen molar-refractivity contribution in [3.05, 3.63) is 23.8 Å². The van der Waals surface area contributed by atoms with Gasteiger partial charge in [0.05, 0.1) is 17.5 Å². The van der Waals surface area contributed by atoms with Crippen LogP contribution in [0.25, 0.3) is 0 Å². The Morgan fingerprint density at radius 2 is 2.06 bits per heavy atom. The highest BCUT2D eigenvalue weighted by molar-refractivity contribution is 9.10. The van der Waals surface area contributed by atoms with Crippen LogP contribution in [0.15, 0.2) is 18.2 Å². The molecule has 0 fully saturated rings. The second-order valence-corrected chi connectivity index (χ2v) is 4.59. The maximum absolute atomic E-state index is 12.0. The summed E-state index contributed by atoms with van der Waals surface area (Å²) in [6, 6.07) is 3.96. The Labute approximate surface area is 106 Å². The van der Waals surface area contributed by atoms with Crippen LogP contribution in [-0.4, -0.2) is 24.3 Å². The Kier molecular flexibility index (Phi) is 4.86. The van der Waals surface area contributed by atoms with E-state index in [1.165, 1.54) is 25.3 Å². The van der Waals surface area contributed by atoms with Crippen LogP contribution < -0.4 is 9.47 Å². The van der Waals surface area contributed by atoms with Gasteiger partial charge < -0.3 is 9.47 Å². The number of benzene rings is 1. The number of methoxy groups -OCH3 is 1. The molecule has 17 heavy (non-hydrogen) atoms. The van der Waals surface area contributed by atoms with Crippen molar-refractivity contribution in [1.29, 1.82) is 0 Å². The first-order chi connectivity index (χ1) is 7.95. The number of hydrogen-bond acceptors (Lipinski definition) is 3. The minimum Gasteiger partial charge on any atom is -0.496 e. The molecule has 0 aromatic heterocycles. The fourth-order valence-corrected chi connectivity index (χ4v) is 1.51. The third-order valence-corrected chi connectivity index (χ3v) is 2.44. The van der Waals surface area contributed by atoms with Crippen LogP contribution in [0.4, 0.5) is 8.78 Å². The molecule has 0 heterocycles. The Morgan fingerprint density at radius 1 is 1.41 bits per heavy atom. The minimum absolute atomic E-state index is 0.0457. The molecule has 0 aliphatic rings. The molecule has 6 heteroatoms. The van der Waals surface area contributed by atoms with Crippen molar-refractivity contribution in [2.75, 3.05) is 7.11 Å². The maximum Gasteiger partial charge on any atom is 0.387 e.